The minimum Gasteiger partial charge on any atom is -0.345 e. The summed E-state index contributed by atoms with van der Waals surface area (Å²) in [6, 6.07) is 5.50. The molecule has 3 aromatic rings. The third-order valence-electron chi connectivity index (χ3n) is 4.04. The van der Waals surface area contributed by atoms with Crippen molar-refractivity contribution in [3.63, 3.8) is 0 Å². The van der Waals surface area contributed by atoms with Crippen molar-refractivity contribution < 1.29 is 4.79 Å². The Morgan fingerprint density at radius 1 is 1.35 bits per heavy atom. The van der Waals surface area contributed by atoms with Crippen LogP contribution in [0.3, 0.4) is 0 Å². The fourth-order valence-electron chi connectivity index (χ4n) is 2.59. The van der Waals surface area contributed by atoms with Crippen molar-refractivity contribution in [2.75, 3.05) is 0 Å². The van der Waals surface area contributed by atoms with Gasteiger partial charge in [-0.1, -0.05) is 13.0 Å². The predicted octanol–water partition coefficient (Wildman–Crippen LogP) is 2.55. The molecule has 0 aliphatic heterocycles. The van der Waals surface area contributed by atoms with Gasteiger partial charge in [0, 0.05) is 24.0 Å². The maximum absolute atomic E-state index is 12.8. The van der Waals surface area contributed by atoms with Gasteiger partial charge in [0.05, 0.1) is 18.8 Å². The molecule has 3 heterocycles. The van der Waals surface area contributed by atoms with Crippen LogP contribution in [0.5, 0.6) is 0 Å². The molecule has 7 heteroatoms. The lowest BCUT2D eigenvalue weighted by Gasteiger charge is -2.11. The van der Waals surface area contributed by atoms with Crippen molar-refractivity contribution in [3.8, 4) is 0 Å². The Hall–Kier alpha value is -2.80. The number of hydrogen-bond donors (Lipinski definition) is 1. The molecule has 0 radical (unpaired) electrons. The molecule has 3 rings (SSSR count). The molecule has 0 unspecified atom stereocenters. The molecular weight excluding hydrogens is 348 g/mol. The smallest absolute Gasteiger partial charge is 0.263 e. The molecule has 26 heavy (non-hydrogen) atoms. The second kappa shape index (κ2) is 8.05. The molecule has 0 bridgehead atoms. The molecule has 0 aliphatic rings. The van der Waals surface area contributed by atoms with Crippen molar-refractivity contribution >= 4 is 17.2 Å². The quantitative estimate of drug-likeness (QED) is 0.725. The van der Waals surface area contributed by atoms with Gasteiger partial charge in [-0.15, -0.1) is 11.3 Å². The molecule has 1 amide bonds. The highest BCUT2D eigenvalue weighted by Crippen LogP contribution is 2.10. The minimum absolute atomic E-state index is 0.170. The molecule has 134 valence electrons. The number of amides is 1. The highest BCUT2D eigenvalue weighted by Gasteiger charge is 2.16. The van der Waals surface area contributed by atoms with E-state index < -0.39 is 0 Å². The van der Waals surface area contributed by atoms with E-state index in [0.717, 1.165) is 22.7 Å². The van der Waals surface area contributed by atoms with E-state index in [4.69, 9.17) is 0 Å². The molecule has 0 atom stereocenters. The van der Waals surface area contributed by atoms with Crippen LogP contribution in [-0.2, 0) is 19.5 Å². The molecule has 6 nitrogen and oxygen atoms in total. The van der Waals surface area contributed by atoms with Crippen molar-refractivity contribution in [1.29, 1.82) is 0 Å². The van der Waals surface area contributed by atoms with E-state index in [9.17, 15) is 9.59 Å². The molecule has 1 N–H and O–H groups in total. The molecule has 0 aliphatic carbocycles. The number of hydrogen-bond acceptors (Lipinski definition) is 5. The van der Waals surface area contributed by atoms with E-state index in [0.29, 0.717) is 18.7 Å². The van der Waals surface area contributed by atoms with Gasteiger partial charge in [0.2, 0.25) is 0 Å². The molecular formula is C19H20N4O2S. The third-order valence-corrected chi connectivity index (χ3v) is 4.94. The average molecular weight is 368 g/mol. The number of rotatable bonds is 6. The lowest BCUT2D eigenvalue weighted by Crippen LogP contribution is -2.34. The molecule has 0 aromatic carbocycles. The maximum atomic E-state index is 12.8. The topological polar surface area (TPSA) is 76.9 Å². The van der Waals surface area contributed by atoms with Gasteiger partial charge in [-0.2, -0.15) is 0 Å². The predicted molar refractivity (Wildman–Crippen MR) is 101 cm³/mol. The fraction of sp³-hybridized carbons (Fsp3) is 0.263. The Balaban J connectivity index is 1.78. The summed E-state index contributed by atoms with van der Waals surface area (Å²) >= 11 is 1.51. The van der Waals surface area contributed by atoms with Gasteiger partial charge in [-0.25, -0.2) is 4.98 Å². The van der Waals surface area contributed by atoms with Crippen LogP contribution in [0.1, 0.15) is 39.1 Å². The van der Waals surface area contributed by atoms with E-state index in [1.807, 2.05) is 24.4 Å². The largest absolute Gasteiger partial charge is 0.345 e. The number of nitrogens with one attached hydrogen (secondary N) is 1. The summed E-state index contributed by atoms with van der Waals surface area (Å²) in [5, 5.41) is 5.62. The van der Waals surface area contributed by atoms with E-state index in [1.54, 1.807) is 31.6 Å². The number of aromatic nitrogens is 3. The van der Waals surface area contributed by atoms with Gasteiger partial charge in [-0.3, -0.25) is 14.6 Å². The van der Waals surface area contributed by atoms with Crippen LogP contribution in [0.15, 0.2) is 47.0 Å². The van der Waals surface area contributed by atoms with Crippen molar-refractivity contribution in [3.05, 3.63) is 79.9 Å². The first-order valence-corrected chi connectivity index (χ1v) is 9.27. The van der Waals surface area contributed by atoms with Gasteiger partial charge in [-0.05, 0) is 36.6 Å². The molecule has 0 saturated heterocycles. The normalized spacial score (nSPS) is 10.7. The summed E-state index contributed by atoms with van der Waals surface area (Å²) in [6.45, 7) is 4.50. The number of carbonyl (C=O) groups is 1. The van der Waals surface area contributed by atoms with Gasteiger partial charge in [0.25, 0.3) is 11.5 Å². The fourth-order valence-corrected chi connectivity index (χ4v) is 3.41. The van der Waals surface area contributed by atoms with Crippen molar-refractivity contribution in [2.45, 2.75) is 33.4 Å². The summed E-state index contributed by atoms with van der Waals surface area (Å²) in [7, 11) is 0. The zero-order valence-corrected chi connectivity index (χ0v) is 15.5. The zero-order chi connectivity index (χ0) is 18.5. The lowest BCUT2D eigenvalue weighted by atomic mass is 10.1. The Labute approximate surface area is 155 Å². The second-order valence-electron chi connectivity index (χ2n) is 5.94. The molecule has 0 saturated carbocycles. The number of carbonyl (C=O) groups excluding carboxylic acids is 1. The average Bonchev–Trinajstić information content (AvgIpc) is 3.11. The van der Waals surface area contributed by atoms with E-state index in [-0.39, 0.29) is 17.0 Å². The standard InChI is InChI=1S/C19H20N4O2S/c1-3-15-12-26-16(22-15)10-21-18(24)17-13(2)6-8-23(19(17)25)11-14-5-4-7-20-9-14/h4-9,12H,3,10-11H2,1-2H3,(H,21,24). The van der Waals surface area contributed by atoms with Gasteiger partial charge in [0.1, 0.15) is 10.6 Å². The van der Waals surface area contributed by atoms with Crippen LogP contribution in [0.2, 0.25) is 0 Å². The molecule has 3 aromatic heterocycles. The summed E-state index contributed by atoms with van der Waals surface area (Å²) in [5.74, 6) is -0.374. The highest BCUT2D eigenvalue weighted by molar-refractivity contribution is 7.09. The van der Waals surface area contributed by atoms with Crippen LogP contribution in [0, 0.1) is 6.92 Å². The van der Waals surface area contributed by atoms with Crippen LogP contribution in [0.4, 0.5) is 0 Å². The molecule has 0 fully saturated rings. The maximum Gasteiger partial charge on any atom is 0.263 e. The van der Waals surface area contributed by atoms with Gasteiger partial charge in [0.15, 0.2) is 0 Å². The van der Waals surface area contributed by atoms with Crippen LogP contribution in [0.25, 0.3) is 0 Å². The molecule has 0 spiro atoms. The number of pyridine rings is 2. The number of thiazole rings is 1. The zero-order valence-electron chi connectivity index (χ0n) is 14.7. The summed E-state index contributed by atoms with van der Waals surface area (Å²) in [6.07, 6.45) is 5.96. The summed E-state index contributed by atoms with van der Waals surface area (Å²) in [4.78, 5) is 33.8. The van der Waals surface area contributed by atoms with Crippen molar-refractivity contribution in [1.82, 2.24) is 19.9 Å². The van der Waals surface area contributed by atoms with Crippen LogP contribution >= 0.6 is 11.3 Å². The summed E-state index contributed by atoms with van der Waals surface area (Å²) < 4.78 is 1.53. The number of aryl methyl sites for hydroxylation is 2. The van der Waals surface area contributed by atoms with E-state index in [2.05, 4.69) is 15.3 Å². The summed E-state index contributed by atoms with van der Waals surface area (Å²) in [5.41, 5.74) is 2.43. The first-order valence-electron chi connectivity index (χ1n) is 8.39. The second-order valence-corrected chi connectivity index (χ2v) is 6.88. The third kappa shape index (κ3) is 4.05. The van der Waals surface area contributed by atoms with Crippen LogP contribution in [-0.4, -0.2) is 20.4 Å². The highest BCUT2D eigenvalue weighted by atomic mass is 32.1. The Bertz CT molecular complexity index is 963. The van der Waals surface area contributed by atoms with Gasteiger partial charge >= 0.3 is 0 Å². The van der Waals surface area contributed by atoms with Crippen molar-refractivity contribution in [2.24, 2.45) is 0 Å². The first kappa shape index (κ1) is 18.0. The van der Waals surface area contributed by atoms with Crippen LogP contribution < -0.4 is 10.9 Å². The van der Waals surface area contributed by atoms with E-state index >= 15 is 0 Å². The Morgan fingerprint density at radius 3 is 2.88 bits per heavy atom. The minimum atomic E-state index is -0.374. The first-order chi connectivity index (χ1) is 12.6. The van der Waals surface area contributed by atoms with E-state index in [1.165, 1.54) is 15.9 Å². The van der Waals surface area contributed by atoms with Gasteiger partial charge < -0.3 is 9.88 Å². The Morgan fingerprint density at radius 2 is 2.19 bits per heavy atom. The monoisotopic (exact) mass is 368 g/mol. The number of nitrogens with zero attached hydrogens (tertiary/aromatic N) is 3. The Kier molecular flexibility index (Phi) is 5.58. The lowest BCUT2D eigenvalue weighted by molar-refractivity contribution is 0.0948. The SMILES string of the molecule is CCc1csc(CNC(=O)c2c(C)ccn(Cc3cccnc3)c2=O)n1.